The third-order valence-corrected chi connectivity index (χ3v) is 4.10. The van der Waals surface area contributed by atoms with E-state index in [1.807, 2.05) is 0 Å². The number of nitrogens with zero attached hydrogens (tertiary/aromatic N) is 4. The van der Waals surface area contributed by atoms with Crippen LogP contribution in [-0.2, 0) is 6.18 Å². The zero-order valence-corrected chi connectivity index (χ0v) is 14.5. The van der Waals surface area contributed by atoms with Crippen molar-refractivity contribution >= 4 is 23.2 Å². The lowest BCUT2D eigenvalue weighted by Gasteiger charge is -2.09. The molecule has 5 nitrogen and oxygen atoms in total. The van der Waals surface area contributed by atoms with Crippen molar-refractivity contribution in [3.8, 4) is 11.4 Å². The van der Waals surface area contributed by atoms with Gasteiger partial charge in [-0.1, -0.05) is 28.4 Å². The Morgan fingerprint density at radius 1 is 1.20 bits per heavy atom. The molecular formula is C15H11Cl2F3N4O. The zero-order valence-electron chi connectivity index (χ0n) is 13.0. The summed E-state index contributed by atoms with van der Waals surface area (Å²) in [4.78, 5) is 4.21. The number of aryl methyl sites for hydroxylation is 1. The van der Waals surface area contributed by atoms with Gasteiger partial charge in [-0.2, -0.15) is 23.3 Å². The van der Waals surface area contributed by atoms with Gasteiger partial charge in [-0.05, 0) is 38.1 Å². The Balaban J connectivity index is 1.93. The van der Waals surface area contributed by atoms with Crippen molar-refractivity contribution in [1.82, 2.24) is 19.9 Å². The molecule has 2 aromatic heterocycles. The van der Waals surface area contributed by atoms with Crippen molar-refractivity contribution in [1.29, 1.82) is 0 Å². The summed E-state index contributed by atoms with van der Waals surface area (Å²) >= 11 is 11.9. The highest BCUT2D eigenvalue weighted by Gasteiger charge is 2.35. The van der Waals surface area contributed by atoms with Gasteiger partial charge in [0.2, 0.25) is 5.82 Å². The Kier molecular flexibility index (Phi) is 4.51. The molecule has 1 unspecified atom stereocenters. The summed E-state index contributed by atoms with van der Waals surface area (Å²) in [6.45, 7) is 3.13. The molecule has 10 heteroatoms. The molecule has 1 atom stereocenters. The lowest BCUT2D eigenvalue weighted by Crippen LogP contribution is -2.13. The Labute approximate surface area is 150 Å². The third kappa shape index (κ3) is 3.50. The molecule has 0 saturated carbocycles. The average Bonchev–Trinajstić information content (AvgIpc) is 3.13. The minimum absolute atomic E-state index is 0.112. The molecule has 0 spiro atoms. The highest BCUT2D eigenvalue weighted by Crippen LogP contribution is 2.32. The summed E-state index contributed by atoms with van der Waals surface area (Å²) in [5, 5.41) is 8.21. The van der Waals surface area contributed by atoms with Crippen molar-refractivity contribution in [3.05, 3.63) is 51.6 Å². The maximum absolute atomic E-state index is 12.8. The second-order valence-corrected chi connectivity index (χ2v) is 6.21. The van der Waals surface area contributed by atoms with Crippen molar-refractivity contribution in [2.75, 3.05) is 0 Å². The highest BCUT2D eigenvalue weighted by molar-refractivity contribution is 6.36. The van der Waals surface area contributed by atoms with Crippen LogP contribution in [0, 0.1) is 6.92 Å². The van der Waals surface area contributed by atoms with Crippen molar-refractivity contribution in [3.63, 3.8) is 0 Å². The van der Waals surface area contributed by atoms with Gasteiger partial charge in [-0.15, -0.1) is 0 Å². The van der Waals surface area contributed by atoms with E-state index in [1.54, 1.807) is 19.1 Å². The first-order valence-electron chi connectivity index (χ1n) is 7.09. The maximum Gasteiger partial charge on any atom is 0.435 e. The number of hydrogen-bond acceptors (Lipinski definition) is 4. The van der Waals surface area contributed by atoms with Gasteiger partial charge in [0, 0.05) is 16.3 Å². The number of hydrogen-bond donors (Lipinski definition) is 0. The van der Waals surface area contributed by atoms with Gasteiger partial charge in [-0.25, -0.2) is 0 Å². The molecule has 3 aromatic rings. The number of benzene rings is 1. The van der Waals surface area contributed by atoms with Gasteiger partial charge in [0.05, 0.1) is 5.02 Å². The molecule has 0 fully saturated rings. The van der Waals surface area contributed by atoms with E-state index in [0.717, 1.165) is 6.07 Å². The van der Waals surface area contributed by atoms with E-state index < -0.39 is 17.9 Å². The Morgan fingerprint density at radius 2 is 1.92 bits per heavy atom. The Bertz CT molecular complexity index is 920. The number of aromatic nitrogens is 4. The summed E-state index contributed by atoms with van der Waals surface area (Å²) < 4.78 is 44.8. The van der Waals surface area contributed by atoms with Crippen LogP contribution in [0.3, 0.4) is 0 Å². The van der Waals surface area contributed by atoms with Crippen LogP contribution >= 0.6 is 23.2 Å². The second-order valence-electron chi connectivity index (χ2n) is 5.37. The average molecular weight is 391 g/mol. The van der Waals surface area contributed by atoms with Gasteiger partial charge in [0.25, 0.3) is 5.89 Å². The molecule has 0 bridgehead atoms. The molecule has 0 aliphatic carbocycles. The highest BCUT2D eigenvalue weighted by atomic mass is 35.5. The summed E-state index contributed by atoms with van der Waals surface area (Å²) in [5.74, 6) is 0.324. The van der Waals surface area contributed by atoms with E-state index in [-0.39, 0.29) is 11.7 Å². The van der Waals surface area contributed by atoms with Gasteiger partial charge >= 0.3 is 6.18 Å². The molecule has 0 aliphatic heterocycles. The fraction of sp³-hybridized carbons (Fsp3) is 0.267. The molecule has 0 amide bonds. The van der Waals surface area contributed by atoms with E-state index in [0.29, 0.717) is 21.3 Å². The summed E-state index contributed by atoms with van der Waals surface area (Å²) in [5.41, 5.74) is -0.150. The number of halogens is 5. The smallest absolute Gasteiger partial charge is 0.337 e. The van der Waals surface area contributed by atoms with Gasteiger partial charge in [0.1, 0.15) is 6.04 Å². The summed E-state index contributed by atoms with van der Waals surface area (Å²) in [6, 6.07) is 5.07. The minimum atomic E-state index is -4.52. The second kappa shape index (κ2) is 6.34. The van der Waals surface area contributed by atoms with Crippen LogP contribution in [0.4, 0.5) is 13.2 Å². The SMILES string of the molecule is Cc1cc(C(F)(F)F)nn1C(C)c1nc(-c2ccc(Cl)cc2Cl)no1. The fourth-order valence-corrected chi connectivity index (χ4v) is 2.80. The predicted octanol–water partition coefficient (Wildman–Crippen LogP) is 5.18. The van der Waals surface area contributed by atoms with Crippen LogP contribution in [0.2, 0.25) is 10.0 Å². The molecule has 0 saturated heterocycles. The Hall–Kier alpha value is -2.06. The topological polar surface area (TPSA) is 56.7 Å². The van der Waals surface area contributed by atoms with E-state index in [9.17, 15) is 13.2 Å². The Morgan fingerprint density at radius 3 is 2.52 bits per heavy atom. The molecule has 0 aliphatic rings. The largest absolute Gasteiger partial charge is 0.435 e. The van der Waals surface area contributed by atoms with Crippen LogP contribution in [0.15, 0.2) is 28.8 Å². The monoisotopic (exact) mass is 390 g/mol. The van der Waals surface area contributed by atoms with Crippen molar-refractivity contribution in [2.45, 2.75) is 26.1 Å². The van der Waals surface area contributed by atoms with Gasteiger partial charge in [0.15, 0.2) is 5.69 Å². The normalized spacial score (nSPS) is 13.2. The first-order chi connectivity index (χ1) is 11.7. The van der Waals surface area contributed by atoms with Crippen molar-refractivity contribution < 1.29 is 17.7 Å². The molecule has 1 aromatic carbocycles. The maximum atomic E-state index is 12.8. The molecule has 25 heavy (non-hydrogen) atoms. The standard InChI is InChI=1S/C15H11Cl2F3N4O/c1-7-5-12(15(18,19)20)22-24(7)8(2)14-21-13(23-25-14)10-4-3-9(16)6-11(10)17/h3-6,8H,1-2H3. The van der Waals surface area contributed by atoms with Gasteiger partial charge in [-0.3, -0.25) is 4.68 Å². The van der Waals surface area contributed by atoms with E-state index in [1.165, 1.54) is 17.7 Å². The first kappa shape index (κ1) is 17.8. The zero-order chi connectivity index (χ0) is 18.4. The van der Waals surface area contributed by atoms with Crippen LogP contribution in [-0.4, -0.2) is 19.9 Å². The number of alkyl halides is 3. The molecule has 132 valence electrons. The minimum Gasteiger partial charge on any atom is -0.337 e. The first-order valence-corrected chi connectivity index (χ1v) is 7.85. The van der Waals surface area contributed by atoms with E-state index in [4.69, 9.17) is 27.7 Å². The third-order valence-electron chi connectivity index (χ3n) is 3.55. The quantitative estimate of drug-likeness (QED) is 0.618. The molecular weight excluding hydrogens is 380 g/mol. The van der Waals surface area contributed by atoms with E-state index in [2.05, 4.69) is 15.2 Å². The van der Waals surface area contributed by atoms with Crippen molar-refractivity contribution in [2.24, 2.45) is 0 Å². The van der Waals surface area contributed by atoms with Crippen LogP contribution in [0.5, 0.6) is 0 Å². The van der Waals surface area contributed by atoms with Crippen LogP contribution < -0.4 is 0 Å². The fourth-order valence-electron chi connectivity index (χ4n) is 2.31. The summed E-state index contributed by atoms with van der Waals surface area (Å²) in [6.07, 6.45) is -4.52. The lowest BCUT2D eigenvalue weighted by molar-refractivity contribution is -0.141. The molecule has 3 rings (SSSR count). The molecule has 0 N–H and O–H groups in total. The molecule has 0 radical (unpaired) electrons. The van der Waals surface area contributed by atoms with Crippen LogP contribution in [0.1, 0.15) is 30.2 Å². The number of rotatable bonds is 3. The predicted molar refractivity (Wildman–Crippen MR) is 85.5 cm³/mol. The van der Waals surface area contributed by atoms with Gasteiger partial charge < -0.3 is 4.52 Å². The summed E-state index contributed by atoms with van der Waals surface area (Å²) in [7, 11) is 0. The lowest BCUT2D eigenvalue weighted by atomic mass is 10.2. The van der Waals surface area contributed by atoms with E-state index >= 15 is 0 Å². The van der Waals surface area contributed by atoms with Crippen LogP contribution in [0.25, 0.3) is 11.4 Å². The molecule has 2 heterocycles.